The van der Waals surface area contributed by atoms with Crippen LogP contribution in [0.5, 0.6) is 0 Å². The molecule has 0 heterocycles. The molecular weight excluding hydrogens is 415 g/mol. The van der Waals surface area contributed by atoms with Gasteiger partial charge in [-0.15, -0.1) is 0 Å². The van der Waals surface area contributed by atoms with Crippen molar-refractivity contribution in [1.29, 1.82) is 0 Å². The summed E-state index contributed by atoms with van der Waals surface area (Å²) in [4.78, 5) is 31.0. The summed E-state index contributed by atoms with van der Waals surface area (Å²) < 4.78 is 0. The molecule has 0 saturated heterocycles. The van der Waals surface area contributed by atoms with E-state index in [1.807, 2.05) is 0 Å². The summed E-state index contributed by atoms with van der Waals surface area (Å²) >= 11 is 0. The van der Waals surface area contributed by atoms with Crippen molar-refractivity contribution < 1.29 is 36.2 Å². The van der Waals surface area contributed by atoms with Crippen LogP contribution in [0.4, 0.5) is 0 Å². The van der Waals surface area contributed by atoms with Crippen molar-refractivity contribution in [3.05, 3.63) is 0 Å². The molecule has 0 spiro atoms. The molecule has 3 fully saturated rings. The molecule has 0 N–H and O–H groups in total. The standard InChI is InChI=1S/C18H33P.4CHO.Fe/c1-4-10-16(11-5-1)19(17-12-6-2-7-13-17)18-14-8-3-9-15-18;4*1-2;/h16-18H,1-15H2;4*1H;/q;4*-1;+4/p+1. The zero-order valence-electron chi connectivity index (χ0n) is 17.1. The molecule has 0 radical (unpaired) electrons. The molecule has 3 aliphatic carbocycles. The molecule has 3 aliphatic rings. The predicted molar refractivity (Wildman–Crippen MR) is 116 cm³/mol. The Balaban J connectivity index is -0.000000622. The van der Waals surface area contributed by atoms with Gasteiger partial charge in [0.15, 0.2) is 0 Å². The van der Waals surface area contributed by atoms with Crippen LogP contribution in [-0.2, 0) is 36.2 Å². The second-order valence-corrected chi connectivity index (χ2v) is 11.0. The number of rotatable bonds is 3. The summed E-state index contributed by atoms with van der Waals surface area (Å²) in [6.45, 7) is 13.0. The van der Waals surface area contributed by atoms with Crippen LogP contribution >= 0.6 is 7.92 Å². The van der Waals surface area contributed by atoms with Crippen molar-refractivity contribution in [3.63, 3.8) is 0 Å². The first-order valence-electron chi connectivity index (χ1n) is 10.3. The van der Waals surface area contributed by atoms with E-state index in [1.165, 1.54) is 17.0 Å². The maximum Gasteiger partial charge on any atom is 4.00 e. The average Bonchev–Trinajstić information content (AvgIpc) is 2.82. The Hall–Kier alpha value is -0.371. The smallest absolute Gasteiger partial charge is 0.545 e. The molecule has 0 bridgehead atoms. The van der Waals surface area contributed by atoms with Crippen molar-refractivity contribution >= 4 is 35.1 Å². The van der Waals surface area contributed by atoms with Crippen LogP contribution in [0.15, 0.2) is 0 Å². The van der Waals surface area contributed by atoms with Gasteiger partial charge in [0.25, 0.3) is 0 Å². The molecule has 28 heavy (non-hydrogen) atoms. The van der Waals surface area contributed by atoms with Crippen LogP contribution in [0.1, 0.15) is 96.3 Å². The van der Waals surface area contributed by atoms with Crippen LogP contribution in [0, 0.1) is 0 Å². The minimum absolute atomic E-state index is 0. The van der Waals surface area contributed by atoms with Crippen LogP contribution in [-0.4, -0.2) is 44.1 Å². The fraction of sp³-hybridized carbons (Fsp3) is 0.818. The normalized spacial score (nSPS) is 20.2. The van der Waals surface area contributed by atoms with E-state index in [0.717, 1.165) is 0 Å². The van der Waals surface area contributed by atoms with E-state index in [2.05, 4.69) is 27.2 Å². The van der Waals surface area contributed by atoms with Gasteiger partial charge in [0.1, 0.15) is 0 Å². The minimum atomic E-state index is -0.0465. The van der Waals surface area contributed by atoms with Gasteiger partial charge in [-0.25, -0.2) is 0 Å². The number of hydrogen-bond donors (Lipinski definition) is 0. The van der Waals surface area contributed by atoms with Crippen molar-refractivity contribution in [1.82, 2.24) is 0 Å². The molecule has 4 nitrogen and oxygen atoms in total. The largest absolute Gasteiger partial charge is 4.00 e. The first-order valence-corrected chi connectivity index (χ1v) is 12.0. The minimum Gasteiger partial charge on any atom is -0.545 e. The van der Waals surface area contributed by atoms with Crippen molar-refractivity contribution in [3.8, 4) is 0 Å². The van der Waals surface area contributed by atoms with Crippen molar-refractivity contribution in [2.75, 3.05) is 0 Å². The third kappa shape index (κ3) is 12.2. The number of carbonyl (C=O) groups excluding carboxylic acids is 4. The third-order valence-corrected chi connectivity index (χ3v) is 10.8. The maximum atomic E-state index is 7.75. The Labute approximate surface area is 184 Å². The maximum absolute atomic E-state index is 7.75. The van der Waals surface area contributed by atoms with Crippen LogP contribution < -0.4 is 0 Å². The fourth-order valence-corrected chi connectivity index (χ4v) is 10.5. The van der Waals surface area contributed by atoms with Crippen molar-refractivity contribution in [2.45, 2.75) is 113 Å². The van der Waals surface area contributed by atoms with Crippen LogP contribution in [0.25, 0.3) is 0 Å². The zero-order chi connectivity index (χ0) is 20.9. The van der Waals surface area contributed by atoms with Gasteiger partial charge in [-0.1, -0.05) is 19.3 Å². The first kappa shape index (κ1) is 32.3. The summed E-state index contributed by atoms with van der Waals surface area (Å²) in [5.41, 5.74) is 3.68. The van der Waals surface area contributed by atoms with Gasteiger partial charge < -0.3 is 19.2 Å². The van der Waals surface area contributed by atoms with E-state index in [0.29, 0.717) is 0 Å². The van der Waals surface area contributed by atoms with Crippen LogP contribution in [0.3, 0.4) is 0 Å². The quantitative estimate of drug-likeness (QED) is 0.258. The Morgan fingerprint density at radius 2 is 0.571 bits per heavy atom. The molecule has 0 aromatic heterocycles. The third-order valence-electron chi connectivity index (χ3n) is 6.23. The molecule has 3 rings (SSSR count). The summed E-state index contributed by atoms with van der Waals surface area (Å²) in [5.74, 6) is 0. The van der Waals surface area contributed by atoms with Gasteiger partial charge in [-0.3, -0.25) is 27.2 Å². The van der Waals surface area contributed by atoms with E-state index < -0.39 is 0 Å². The summed E-state index contributed by atoms with van der Waals surface area (Å²) in [6, 6.07) is 0. The van der Waals surface area contributed by atoms with E-state index in [-0.39, 0.29) is 25.0 Å². The molecule has 0 aliphatic heterocycles. The topological polar surface area (TPSA) is 68.3 Å². The van der Waals surface area contributed by atoms with Gasteiger partial charge >= 0.3 is 17.1 Å². The Morgan fingerprint density at radius 1 is 0.393 bits per heavy atom. The summed E-state index contributed by atoms with van der Waals surface area (Å²) in [6.07, 6.45) is 23.8. The van der Waals surface area contributed by atoms with E-state index in [4.69, 9.17) is 19.2 Å². The molecule has 3 saturated carbocycles. The SMILES string of the molecule is C1CCC([PH+](C2CCCCC2)C2CCCCC2)CC1.[CH-]=O.[CH-]=O.[CH-]=O.[CH-]=O.[Fe+4]. The molecular formula is C22H38FeO4P+. The Kier molecular flexibility index (Phi) is 28.5. The molecule has 0 aromatic carbocycles. The van der Waals surface area contributed by atoms with Gasteiger partial charge in [-0.05, 0) is 77.0 Å². The molecule has 0 aromatic rings. The molecule has 0 amide bonds. The zero-order valence-corrected chi connectivity index (χ0v) is 19.2. The number of hydrogen-bond acceptors (Lipinski definition) is 4. The van der Waals surface area contributed by atoms with Gasteiger partial charge in [0.2, 0.25) is 0 Å². The average molecular weight is 453 g/mol. The Morgan fingerprint density at radius 3 is 0.750 bits per heavy atom. The molecule has 6 heteroatoms. The van der Waals surface area contributed by atoms with Gasteiger partial charge in [0, 0.05) is 7.92 Å². The van der Waals surface area contributed by atoms with Gasteiger partial charge in [0.05, 0.1) is 17.0 Å². The van der Waals surface area contributed by atoms with Gasteiger partial charge in [-0.2, -0.15) is 0 Å². The predicted octanol–water partition coefficient (Wildman–Crippen LogP) is 5.10. The van der Waals surface area contributed by atoms with E-state index in [9.17, 15) is 0 Å². The summed E-state index contributed by atoms with van der Waals surface area (Å²) in [7, 11) is -0.0465. The fourth-order valence-electron chi connectivity index (χ4n) is 5.31. The first-order chi connectivity index (χ1) is 13.4. The molecule has 0 atom stereocenters. The van der Waals surface area contributed by atoms with E-state index in [1.54, 1.807) is 96.3 Å². The summed E-state index contributed by atoms with van der Waals surface area (Å²) in [5, 5.41) is 0. The molecule has 0 unspecified atom stereocenters. The second kappa shape index (κ2) is 24.7. The molecule has 162 valence electrons. The van der Waals surface area contributed by atoms with Crippen molar-refractivity contribution in [2.24, 2.45) is 0 Å². The monoisotopic (exact) mass is 453 g/mol. The Bertz CT molecular complexity index is 267. The second-order valence-electron chi connectivity index (χ2n) is 7.50. The van der Waals surface area contributed by atoms with E-state index >= 15 is 0 Å². The van der Waals surface area contributed by atoms with Crippen LogP contribution in [0.2, 0.25) is 0 Å².